The minimum absolute atomic E-state index is 0.0604. The monoisotopic (exact) mass is 485 g/mol. The fraction of sp³-hybridized carbons (Fsp3) is 0.259. The van der Waals surface area contributed by atoms with E-state index in [0.29, 0.717) is 18.3 Å². The molecule has 8 heteroatoms. The molecule has 0 bridgehead atoms. The number of nitrogens with one attached hydrogen (secondary N) is 1. The quantitative estimate of drug-likeness (QED) is 0.456. The van der Waals surface area contributed by atoms with Gasteiger partial charge in [0.05, 0.1) is 12.1 Å². The standard InChI is InChI=1S/C27H27N5O2S/c1-5-24-30-32-25(28)22(26(33)29-27(32)35-24)15-21-18(4)31(23-9-7-6-8-20(21)23)12-13-34-19-11-10-16(2)17(3)14-19/h6-11,14-15,28H,5,12-13H2,1-4H3/b22-15-,28-25?. The van der Waals surface area contributed by atoms with Crippen LogP contribution < -0.4 is 4.74 Å². The fourth-order valence-electron chi connectivity index (χ4n) is 4.31. The number of hydrogen-bond donors (Lipinski definition) is 1. The zero-order valence-electron chi connectivity index (χ0n) is 20.3. The van der Waals surface area contributed by atoms with Crippen molar-refractivity contribution in [3.8, 4) is 5.75 Å². The Bertz CT molecular complexity index is 1460. The maximum Gasteiger partial charge on any atom is 0.283 e. The van der Waals surface area contributed by atoms with Crippen LogP contribution in [0, 0.1) is 26.2 Å². The van der Waals surface area contributed by atoms with Crippen molar-refractivity contribution in [3.63, 3.8) is 0 Å². The van der Waals surface area contributed by atoms with E-state index < -0.39 is 5.91 Å². The Morgan fingerprint density at radius 3 is 2.69 bits per heavy atom. The average molecular weight is 486 g/mol. The highest BCUT2D eigenvalue weighted by Crippen LogP contribution is 2.32. The van der Waals surface area contributed by atoms with Gasteiger partial charge < -0.3 is 9.30 Å². The van der Waals surface area contributed by atoms with Crippen molar-refractivity contribution >= 4 is 50.7 Å². The van der Waals surface area contributed by atoms with E-state index in [1.807, 2.05) is 38.1 Å². The Hall–Kier alpha value is -3.65. The topological polar surface area (TPSA) is 83.0 Å². The first-order valence-electron chi connectivity index (χ1n) is 11.6. The minimum Gasteiger partial charge on any atom is -0.492 e. The summed E-state index contributed by atoms with van der Waals surface area (Å²) in [5, 5.41) is 16.9. The Kier molecular flexibility index (Phi) is 6.06. The number of rotatable bonds is 6. The van der Waals surface area contributed by atoms with Gasteiger partial charge in [-0.25, -0.2) is 0 Å². The summed E-state index contributed by atoms with van der Waals surface area (Å²) in [4.78, 5) is 17.1. The number of aliphatic imine (C=N–C) groups is 1. The summed E-state index contributed by atoms with van der Waals surface area (Å²) in [6.07, 6.45) is 2.52. The molecule has 0 unspecified atom stereocenters. The Morgan fingerprint density at radius 2 is 1.91 bits per heavy atom. The summed E-state index contributed by atoms with van der Waals surface area (Å²) in [6.45, 7) is 9.37. The number of nitrogens with zero attached hydrogens (tertiary/aromatic N) is 4. The normalized spacial score (nSPS) is 16.7. The third-order valence-corrected chi connectivity index (χ3v) is 7.48. The van der Waals surface area contributed by atoms with Gasteiger partial charge in [-0.1, -0.05) is 31.2 Å². The van der Waals surface area contributed by atoms with Crippen molar-refractivity contribution in [3.05, 3.63) is 70.4 Å². The smallest absolute Gasteiger partial charge is 0.283 e. The average Bonchev–Trinajstić information content (AvgIpc) is 3.38. The van der Waals surface area contributed by atoms with E-state index in [-0.39, 0.29) is 11.4 Å². The molecule has 2 aromatic carbocycles. The number of carbonyl (C=O) groups excluding carboxylic acids is 1. The van der Waals surface area contributed by atoms with Gasteiger partial charge in [-0.3, -0.25) is 10.2 Å². The third kappa shape index (κ3) is 4.18. The molecule has 7 nitrogen and oxygen atoms in total. The molecule has 3 aromatic rings. The van der Waals surface area contributed by atoms with Crippen LogP contribution in [-0.4, -0.2) is 38.1 Å². The van der Waals surface area contributed by atoms with Gasteiger partial charge in [-0.15, -0.1) is 0 Å². The summed E-state index contributed by atoms with van der Waals surface area (Å²) in [5.74, 6) is 0.510. The number of benzene rings is 2. The molecular weight excluding hydrogens is 458 g/mol. The third-order valence-electron chi connectivity index (χ3n) is 6.43. The summed E-state index contributed by atoms with van der Waals surface area (Å²) in [6, 6.07) is 14.2. The fourth-order valence-corrected chi connectivity index (χ4v) is 5.13. The molecule has 1 aromatic heterocycles. The van der Waals surface area contributed by atoms with Crippen LogP contribution in [0.25, 0.3) is 17.0 Å². The lowest BCUT2D eigenvalue weighted by Crippen LogP contribution is -2.35. The van der Waals surface area contributed by atoms with Crippen LogP contribution in [0.15, 0.2) is 58.1 Å². The van der Waals surface area contributed by atoms with Crippen molar-refractivity contribution in [2.45, 2.75) is 40.7 Å². The van der Waals surface area contributed by atoms with Crippen LogP contribution in [0.4, 0.5) is 0 Å². The van der Waals surface area contributed by atoms with Crippen molar-refractivity contribution in [1.82, 2.24) is 9.58 Å². The van der Waals surface area contributed by atoms with Gasteiger partial charge >= 0.3 is 0 Å². The summed E-state index contributed by atoms with van der Waals surface area (Å²) >= 11 is 1.35. The number of amidine groups is 2. The zero-order chi connectivity index (χ0) is 24.7. The molecule has 5 rings (SSSR count). The number of aryl methyl sites for hydroxylation is 2. The summed E-state index contributed by atoms with van der Waals surface area (Å²) in [7, 11) is 0. The molecule has 1 N–H and O–H groups in total. The van der Waals surface area contributed by atoms with Gasteiger partial charge in [0.2, 0.25) is 5.17 Å². The van der Waals surface area contributed by atoms with Crippen LogP contribution >= 0.6 is 11.8 Å². The number of ether oxygens (including phenoxy) is 1. The minimum atomic E-state index is -0.407. The molecule has 3 heterocycles. The maximum atomic E-state index is 12.9. The first-order chi connectivity index (χ1) is 16.9. The van der Waals surface area contributed by atoms with Crippen LogP contribution in [0.1, 0.15) is 35.7 Å². The van der Waals surface area contributed by atoms with Gasteiger partial charge in [-0.05, 0) is 74.4 Å². The van der Waals surface area contributed by atoms with Gasteiger partial charge in [0.15, 0.2) is 5.84 Å². The van der Waals surface area contributed by atoms with Gasteiger partial charge in [0.25, 0.3) is 5.91 Å². The van der Waals surface area contributed by atoms with Crippen molar-refractivity contribution in [1.29, 1.82) is 5.41 Å². The van der Waals surface area contributed by atoms with Crippen LogP contribution in [0.2, 0.25) is 0 Å². The second-order valence-corrected chi connectivity index (χ2v) is 9.67. The number of carbonyl (C=O) groups is 1. The predicted molar refractivity (Wildman–Crippen MR) is 143 cm³/mol. The highest BCUT2D eigenvalue weighted by Gasteiger charge is 2.35. The predicted octanol–water partition coefficient (Wildman–Crippen LogP) is 5.67. The highest BCUT2D eigenvalue weighted by atomic mass is 32.2. The maximum absolute atomic E-state index is 12.9. The van der Waals surface area contributed by atoms with Gasteiger partial charge in [0, 0.05) is 22.2 Å². The Labute approximate surface area is 208 Å². The van der Waals surface area contributed by atoms with E-state index in [4.69, 9.17) is 10.1 Å². The molecule has 2 aliphatic heterocycles. The molecule has 35 heavy (non-hydrogen) atoms. The second-order valence-electron chi connectivity index (χ2n) is 8.63. The molecule has 0 saturated heterocycles. The number of para-hydroxylation sites is 1. The SMILES string of the molecule is CCC1=NN2C(=N)/C(=C/c3c(C)n(CCOc4ccc(C)c(C)c4)c4ccccc34)C(=O)N=C2S1. The Morgan fingerprint density at radius 1 is 1.11 bits per heavy atom. The van der Waals surface area contributed by atoms with Crippen LogP contribution in [0.3, 0.4) is 0 Å². The van der Waals surface area contributed by atoms with E-state index in [2.05, 4.69) is 46.7 Å². The molecular formula is C27H27N5O2S. The molecule has 2 aliphatic rings. The number of amides is 1. The molecule has 1 amide bonds. The number of fused-ring (bicyclic) bond motifs is 2. The number of hydrazone groups is 1. The van der Waals surface area contributed by atoms with Crippen molar-refractivity contribution < 1.29 is 9.53 Å². The highest BCUT2D eigenvalue weighted by molar-refractivity contribution is 8.26. The van der Waals surface area contributed by atoms with E-state index in [0.717, 1.165) is 39.4 Å². The molecule has 0 spiro atoms. The lowest BCUT2D eigenvalue weighted by atomic mass is 10.1. The molecule has 0 radical (unpaired) electrons. The molecule has 0 aliphatic carbocycles. The van der Waals surface area contributed by atoms with Crippen LogP contribution in [-0.2, 0) is 11.3 Å². The van der Waals surface area contributed by atoms with Gasteiger partial charge in [0.1, 0.15) is 17.4 Å². The first-order valence-corrected chi connectivity index (χ1v) is 12.5. The number of hydrogen-bond acceptors (Lipinski definition) is 5. The van der Waals surface area contributed by atoms with Crippen LogP contribution in [0.5, 0.6) is 5.75 Å². The number of aromatic nitrogens is 1. The molecule has 0 fully saturated rings. The van der Waals surface area contributed by atoms with E-state index in [1.54, 1.807) is 6.08 Å². The molecule has 178 valence electrons. The lowest BCUT2D eigenvalue weighted by molar-refractivity contribution is -0.114. The summed E-state index contributed by atoms with van der Waals surface area (Å²) in [5.41, 5.74) is 5.66. The Balaban J connectivity index is 1.47. The second kappa shape index (κ2) is 9.19. The van der Waals surface area contributed by atoms with E-state index in [9.17, 15) is 4.79 Å². The van der Waals surface area contributed by atoms with Gasteiger partial charge in [-0.2, -0.15) is 15.1 Å². The molecule has 0 atom stereocenters. The summed E-state index contributed by atoms with van der Waals surface area (Å²) < 4.78 is 8.25. The van der Waals surface area contributed by atoms with Crippen molar-refractivity contribution in [2.24, 2.45) is 10.1 Å². The van der Waals surface area contributed by atoms with E-state index >= 15 is 0 Å². The largest absolute Gasteiger partial charge is 0.492 e. The lowest BCUT2D eigenvalue weighted by Gasteiger charge is -2.20. The first kappa shape index (κ1) is 23.1. The number of thioether (sulfide) groups is 1. The molecule has 0 saturated carbocycles. The van der Waals surface area contributed by atoms with E-state index in [1.165, 1.54) is 27.9 Å². The zero-order valence-corrected chi connectivity index (χ0v) is 21.1. The van der Waals surface area contributed by atoms with Crippen molar-refractivity contribution in [2.75, 3.05) is 6.61 Å².